The average Bonchev–Trinajstić information content (AvgIpc) is 2.70. The molecule has 1 atom stereocenters. The fourth-order valence-corrected chi connectivity index (χ4v) is 3.58. The third-order valence-corrected chi connectivity index (χ3v) is 5.50. The van der Waals surface area contributed by atoms with Crippen molar-refractivity contribution in [3.8, 4) is 0 Å². The first-order valence-corrected chi connectivity index (χ1v) is 10.8. The van der Waals surface area contributed by atoms with Crippen molar-refractivity contribution in [1.29, 1.82) is 0 Å². The molecular weight excluding hydrogens is 364 g/mol. The summed E-state index contributed by atoms with van der Waals surface area (Å²) in [4.78, 5) is 20.3. The number of guanidine groups is 1. The molecule has 1 heterocycles. The molecule has 1 aliphatic heterocycles. The van der Waals surface area contributed by atoms with Crippen LogP contribution in [0.5, 0.6) is 0 Å². The molecule has 7 heteroatoms. The summed E-state index contributed by atoms with van der Waals surface area (Å²) >= 11 is 0. The van der Waals surface area contributed by atoms with Gasteiger partial charge < -0.3 is 16.4 Å². The lowest BCUT2D eigenvalue weighted by Crippen LogP contribution is -2.49. The summed E-state index contributed by atoms with van der Waals surface area (Å²) in [6, 6.07) is 11.4. The van der Waals surface area contributed by atoms with Crippen LogP contribution in [-0.4, -0.2) is 73.5 Å². The molecule has 0 saturated carbocycles. The first-order valence-electron chi connectivity index (χ1n) is 10.8. The summed E-state index contributed by atoms with van der Waals surface area (Å²) in [5.41, 5.74) is 6.63. The highest BCUT2D eigenvalue weighted by Crippen LogP contribution is 2.10. The highest BCUT2D eigenvalue weighted by atomic mass is 16.1. The molecule has 4 N–H and O–H groups in total. The molecule has 0 bridgehead atoms. The Morgan fingerprint density at radius 3 is 2.62 bits per heavy atom. The first-order chi connectivity index (χ1) is 14.0. The van der Waals surface area contributed by atoms with Gasteiger partial charge in [0.1, 0.15) is 0 Å². The smallest absolute Gasteiger partial charge is 0.231 e. The second-order valence-corrected chi connectivity index (χ2v) is 7.96. The Kier molecular flexibility index (Phi) is 9.94. The number of nitrogens with one attached hydrogen (secondary N) is 2. The zero-order valence-electron chi connectivity index (χ0n) is 18.2. The van der Waals surface area contributed by atoms with Crippen molar-refractivity contribution in [2.24, 2.45) is 10.7 Å². The second-order valence-electron chi connectivity index (χ2n) is 7.96. The highest BCUT2D eigenvalue weighted by molar-refractivity contribution is 5.80. The summed E-state index contributed by atoms with van der Waals surface area (Å²) in [5.74, 6) is 0.636. The van der Waals surface area contributed by atoms with E-state index in [1.807, 2.05) is 0 Å². The number of hydrogen-bond acceptors (Lipinski definition) is 4. The van der Waals surface area contributed by atoms with E-state index in [1.54, 1.807) is 0 Å². The monoisotopic (exact) mass is 402 g/mol. The van der Waals surface area contributed by atoms with E-state index in [9.17, 15) is 4.79 Å². The molecule has 0 aliphatic carbocycles. The maximum atomic E-state index is 11.1. The molecule has 1 aromatic carbocycles. The van der Waals surface area contributed by atoms with Crippen LogP contribution in [0.1, 0.15) is 38.7 Å². The Hall–Kier alpha value is -2.12. The van der Waals surface area contributed by atoms with Crippen molar-refractivity contribution in [2.45, 2.75) is 51.7 Å². The summed E-state index contributed by atoms with van der Waals surface area (Å²) in [5, 5.41) is 6.91. The van der Waals surface area contributed by atoms with Gasteiger partial charge >= 0.3 is 0 Å². The highest BCUT2D eigenvalue weighted by Gasteiger charge is 2.20. The van der Waals surface area contributed by atoms with Crippen LogP contribution in [0.25, 0.3) is 0 Å². The number of amides is 1. The van der Waals surface area contributed by atoms with Crippen molar-refractivity contribution in [3.63, 3.8) is 0 Å². The molecule has 162 valence electrons. The normalized spacial score (nSPS) is 17.3. The van der Waals surface area contributed by atoms with Crippen LogP contribution in [0.4, 0.5) is 0 Å². The predicted molar refractivity (Wildman–Crippen MR) is 120 cm³/mol. The molecular formula is C22H38N6O. The fourth-order valence-electron chi connectivity index (χ4n) is 3.58. The van der Waals surface area contributed by atoms with Crippen LogP contribution in [0.15, 0.2) is 35.3 Å². The Morgan fingerprint density at radius 2 is 2.00 bits per heavy atom. The summed E-state index contributed by atoms with van der Waals surface area (Å²) in [7, 11) is 2.17. The van der Waals surface area contributed by atoms with Gasteiger partial charge in [-0.1, -0.05) is 30.3 Å². The van der Waals surface area contributed by atoms with E-state index < -0.39 is 0 Å². The van der Waals surface area contributed by atoms with Crippen molar-refractivity contribution in [1.82, 2.24) is 20.4 Å². The Morgan fingerprint density at radius 1 is 1.31 bits per heavy atom. The van der Waals surface area contributed by atoms with Gasteiger partial charge in [-0.2, -0.15) is 0 Å². The minimum Gasteiger partial charge on any atom is -0.369 e. The van der Waals surface area contributed by atoms with Crippen LogP contribution in [0, 0.1) is 0 Å². The van der Waals surface area contributed by atoms with E-state index in [2.05, 4.69) is 71.7 Å². The van der Waals surface area contributed by atoms with Crippen molar-refractivity contribution >= 4 is 11.9 Å². The largest absolute Gasteiger partial charge is 0.369 e. The number of nitrogens with zero attached hydrogens (tertiary/aromatic N) is 3. The van der Waals surface area contributed by atoms with Crippen LogP contribution in [0.3, 0.4) is 0 Å². The zero-order valence-corrected chi connectivity index (χ0v) is 18.2. The Bertz CT molecular complexity index is 627. The number of carbonyl (C=O) groups excluding carboxylic acids is 1. The van der Waals surface area contributed by atoms with E-state index in [4.69, 9.17) is 10.7 Å². The van der Waals surface area contributed by atoms with Gasteiger partial charge in [0.25, 0.3) is 0 Å². The van der Waals surface area contributed by atoms with Gasteiger partial charge in [0.15, 0.2) is 5.96 Å². The van der Waals surface area contributed by atoms with E-state index in [0.717, 1.165) is 57.9 Å². The molecule has 1 aliphatic rings. The van der Waals surface area contributed by atoms with Gasteiger partial charge in [-0.05, 0) is 45.7 Å². The number of aliphatic imine (C=N–C) groups is 1. The van der Waals surface area contributed by atoms with Crippen molar-refractivity contribution in [3.05, 3.63) is 35.9 Å². The molecule has 1 aromatic rings. The van der Waals surface area contributed by atoms with Gasteiger partial charge in [0.05, 0.1) is 6.54 Å². The SMILES string of the molecule is CCNC(=NCCC(C)N(C)Cc1ccccc1)NC1CCN(CC(N)=O)CC1. The number of primary amides is 1. The van der Waals surface area contributed by atoms with Gasteiger partial charge in [-0.3, -0.25) is 19.6 Å². The standard InChI is InChI=1S/C22H38N6O/c1-4-24-22(26-20-11-14-28(15-12-20)17-21(23)29)25-13-10-18(2)27(3)16-19-8-6-5-7-9-19/h5-9,18,20H,4,10-17H2,1-3H3,(H2,23,29)(H2,24,25,26). The predicted octanol–water partition coefficient (Wildman–Crippen LogP) is 1.40. The maximum Gasteiger partial charge on any atom is 0.231 e. The average molecular weight is 403 g/mol. The third kappa shape index (κ3) is 8.83. The molecule has 7 nitrogen and oxygen atoms in total. The van der Waals surface area contributed by atoms with E-state index >= 15 is 0 Å². The summed E-state index contributed by atoms with van der Waals surface area (Å²) in [6.45, 7) is 9.06. The molecule has 29 heavy (non-hydrogen) atoms. The van der Waals surface area contributed by atoms with Crippen molar-refractivity contribution in [2.75, 3.05) is 39.8 Å². The number of nitrogens with two attached hydrogens (primary N) is 1. The topological polar surface area (TPSA) is 86.0 Å². The summed E-state index contributed by atoms with van der Waals surface area (Å²) in [6.07, 6.45) is 3.00. The molecule has 1 saturated heterocycles. The molecule has 0 aromatic heterocycles. The third-order valence-electron chi connectivity index (χ3n) is 5.50. The minimum absolute atomic E-state index is 0.252. The quantitative estimate of drug-likeness (QED) is 0.407. The Labute approximate surface area is 175 Å². The fraction of sp³-hybridized carbons (Fsp3) is 0.636. The Balaban J connectivity index is 1.76. The van der Waals surface area contributed by atoms with Gasteiger partial charge in [-0.15, -0.1) is 0 Å². The van der Waals surface area contributed by atoms with E-state index in [1.165, 1.54) is 5.56 Å². The van der Waals surface area contributed by atoms with E-state index in [0.29, 0.717) is 18.6 Å². The van der Waals surface area contributed by atoms with Gasteiger partial charge in [-0.25, -0.2) is 0 Å². The number of piperidine rings is 1. The number of likely N-dealkylation sites (tertiary alicyclic amines) is 1. The second kappa shape index (κ2) is 12.4. The van der Waals surface area contributed by atoms with Crippen LogP contribution >= 0.6 is 0 Å². The molecule has 0 spiro atoms. The lowest BCUT2D eigenvalue weighted by Gasteiger charge is -2.32. The van der Waals surface area contributed by atoms with Gasteiger partial charge in [0.2, 0.25) is 5.91 Å². The number of rotatable bonds is 10. The minimum atomic E-state index is -0.252. The summed E-state index contributed by atoms with van der Waals surface area (Å²) < 4.78 is 0. The lowest BCUT2D eigenvalue weighted by atomic mass is 10.1. The first kappa shape index (κ1) is 23.2. The lowest BCUT2D eigenvalue weighted by molar-refractivity contribution is -0.119. The molecule has 1 amide bonds. The maximum absolute atomic E-state index is 11.1. The zero-order chi connectivity index (χ0) is 21.1. The number of hydrogen-bond donors (Lipinski definition) is 3. The number of carbonyl (C=O) groups is 1. The molecule has 0 radical (unpaired) electrons. The van der Waals surface area contributed by atoms with E-state index in [-0.39, 0.29) is 5.91 Å². The van der Waals surface area contributed by atoms with Crippen LogP contribution in [-0.2, 0) is 11.3 Å². The van der Waals surface area contributed by atoms with Gasteiger partial charge in [0, 0.05) is 44.8 Å². The molecule has 2 rings (SSSR count). The van der Waals surface area contributed by atoms with Crippen molar-refractivity contribution < 1.29 is 4.79 Å². The molecule has 1 fully saturated rings. The molecule has 1 unspecified atom stereocenters. The van der Waals surface area contributed by atoms with Crippen LogP contribution < -0.4 is 16.4 Å². The number of benzene rings is 1. The van der Waals surface area contributed by atoms with Crippen LogP contribution in [0.2, 0.25) is 0 Å².